The summed E-state index contributed by atoms with van der Waals surface area (Å²) in [5.74, 6) is 0.915. The molecule has 0 aliphatic carbocycles. The first-order valence-corrected chi connectivity index (χ1v) is 5.49. The van der Waals surface area contributed by atoms with E-state index in [2.05, 4.69) is 0 Å². The minimum Gasteiger partial charge on any atom is -0.493 e. The third kappa shape index (κ3) is 1.84. The SMILES string of the molecule is CC(C)(CO)c1cc(Cl)cc2c1OCC2. The number of aliphatic hydroxyl groups is 1. The van der Waals surface area contributed by atoms with Gasteiger partial charge in [0.25, 0.3) is 0 Å². The molecule has 0 spiro atoms. The van der Waals surface area contributed by atoms with E-state index in [4.69, 9.17) is 16.3 Å². The molecule has 1 aromatic rings. The minimum atomic E-state index is -0.306. The molecular formula is C12H15ClO2. The van der Waals surface area contributed by atoms with E-state index in [0.717, 1.165) is 28.3 Å². The maximum atomic E-state index is 9.37. The first-order chi connectivity index (χ1) is 7.04. The van der Waals surface area contributed by atoms with Crippen molar-refractivity contribution in [1.29, 1.82) is 0 Å². The van der Waals surface area contributed by atoms with Crippen LogP contribution in [0.5, 0.6) is 5.75 Å². The molecule has 1 aliphatic rings. The molecule has 0 fully saturated rings. The van der Waals surface area contributed by atoms with Gasteiger partial charge in [0.15, 0.2) is 0 Å². The molecule has 0 amide bonds. The van der Waals surface area contributed by atoms with Crippen LogP contribution in [0.15, 0.2) is 12.1 Å². The topological polar surface area (TPSA) is 29.5 Å². The molecule has 1 heterocycles. The van der Waals surface area contributed by atoms with Gasteiger partial charge in [-0.3, -0.25) is 0 Å². The molecule has 0 unspecified atom stereocenters. The Balaban J connectivity index is 2.56. The summed E-state index contributed by atoms with van der Waals surface area (Å²) in [5.41, 5.74) is 1.85. The van der Waals surface area contributed by atoms with E-state index in [1.807, 2.05) is 26.0 Å². The molecule has 1 aliphatic heterocycles. The molecule has 0 saturated carbocycles. The average molecular weight is 227 g/mol. The molecule has 1 N–H and O–H groups in total. The summed E-state index contributed by atoms with van der Waals surface area (Å²) in [6.45, 7) is 4.77. The summed E-state index contributed by atoms with van der Waals surface area (Å²) in [4.78, 5) is 0. The van der Waals surface area contributed by atoms with Crippen molar-refractivity contribution in [2.75, 3.05) is 13.2 Å². The first kappa shape index (κ1) is 10.8. The Bertz CT molecular complexity index is 385. The smallest absolute Gasteiger partial charge is 0.126 e. The number of rotatable bonds is 2. The normalized spacial score (nSPS) is 14.9. The largest absolute Gasteiger partial charge is 0.493 e. The van der Waals surface area contributed by atoms with Crippen molar-refractivity contribution < 1.29 is 9.84 Å². The molecule has 2 nitrogen and oxygen atoms in total. The summed E-state index contributed by atoms with van der Waals surface area (Å²) in [7, 11) is 0. The number of hydrogen-bond donors (Lipinski definition) is 1. The van der Waals surface area contributed by atoms with Crippen LogP contribution >= 0.6 is 11.6 Å². The van der Waals surface area contributed by atoms with E-state index >= 15 is 0 Å². The lowest BCUT2D eigenvalue weighted by Crippen LogP contribution is -2.22. The third-order valence-corrected chi connectivity index (χ3v) is 3.09. The van der Waals surface area contributed by atoms with Gasteiger partial charge in [-0.2, -0.15) is 0 Å². The van der Waals surface area contributed by atoms with Gasteiger partial charge in [0.05, 0.1) is 13.2 Å². The maximum absolute atomic E-state index is 9.37. The highest BCUT2D eigenvalue weighted by Gasteiger charge is 2.28. The molecule has 0 bridgehead atoms. The van der Waals surface area contributed by atoms with E-state index in [9.17, 15) is 5.11 Å². The molecule has 3 heteroatoms. The number of hydrogen-bond acceptors (Lipinski definition) is 2. The van der Waals surface area contributed by atoms with Gasteiger partial charge in [0.1, 0.15) is 5.75 Å². The highest BCUT2D eigenvalue weighted by atomic mass is 35.5. The predicted molar refractivity (Wildman–Crippen MR) is 60.8 cm³/mol. The van der Waals surface area contributed by atoms with Crippen molar-refractivity contribution >= 4 is 11.6 Å². The number of fused-ring (bicyclic) bond motifs is 1. The summed E-state index contributed by atoms with van der Waals surface area (Å²) in [6, 6.07) is 3.84. The zero-order chi connectivity index (χ0) is 11.1. The summed E-state index contributed by atoms with van der Waals surface area (Å²) >= 11 is 6.05. The second kappa shape index (κ2) is 3.69. The number of benzene rings is 1. The zero-order valence-electron chi connectivity index (χ0n) is 9.01. The second-order valence-electron chi connectivity index (χ2n) is 4.58. The fraction of sp³-hybridized carbons (Fsp3) is 0.500. The van der Waals surface area contributed by atoms with Crippen molar-refractivity contribution in [2.45, 2.75) is 25.7 Å². The van der Waals surface area contributed by atoms with Crippen molar-refractivity contribution in [3.63, 3.8) is 0 Å². The predicted octanol–water partition coefficient (Wildman–Crippen LogP) is 2.54. The molecule has 82 valence electrons. The van der Waals surface area contributed by atoms with Crippen LogP contribution in [0.1, 0.15) is 25.0 Å². The Hall–Kier alpha value is -0.730. The Labute approximate surface area is 94.8 Å². The van der Waals surface area contributed by atoms with Crippen molar-refractivity contribution in [2.24, 2.45) is 0 Å². The van der Waals surface area contributed by atoms with E-state index < -0.39 is 0 Å². The lowest BCUT2D eigenvalue weighted by Gasteiger charge is -2.24. The molecule has 0 saturated heterocycles. The van der Waals surface area contributed by atoms with Crippen LogP contribution < -0.4 is 4.74 Å². The van der Waals surface area contributed by atoms with E-state index in [-0.39, 0.29) is 12.0 Å². The fourth-order valence-electron chi connectivity index (χ4n) is 1.86. The van der Waals surface area contributed by atoms with E-state index in [0.29, 0.717) is 6.61 Å². The van der Waals surface area contributed by atoms with Crippen LogP contribution in [0.4, 0.5) is 0 Å². The van der Waals surface area contributed by atoms with Gasteiger partial charge >= 0.3 is 0 Å². The number of halogens is 1. The van der Waals surface area contributed by atoms with Crippen molar-refractivity contribution in [3.05, 3.63) is 28.3 Å². The van der Waals surface area contributed by atoms with Gasteiger partial charge in [-0.25, -0.2) is 0 Å². The Morgan fingerprint density at radius 1 is 1.47 bits per heavy atom. The van der Waals surface area contributed by atoms with E-state index in [1.165, 1.54) is 0 Å². The standard InChI is InChI=1S/C12H15ClO2/c1-12(2,7-14)10-6-9(13)5-8-3-4-15-11(8)10/h5-6,14H,3-4,7H2,1-2H3. The monoisotopic (exact) mass is 226 g/mol. The number of aliphatic hydroxyl groups excluding tert-OH is 1. The third-order valence-electron chi connectivity index (χ3n) is 2.87. The van der Waals surface area contributed by atoms with Crippen molar-refractivity contribution in [3.8, 4) is 5.75 Å². The molecule has 1 aromatic carbocycles. The number of ether oxygens (including phenoxy) is 1. The van der Waals surface area contributed by atoms with Crippen LogP contribution in [-0.2, 0) is 11.8 Å². The Kier molecular flexibility index (Phi) is 2.65. The van der Waals surface area contributed by atoms with Gasteiger partial charge in [0.2, 0.25) is 0 Å². The van der Waals surface area contributed by atoms with Gasteiger partial charge in [-0.05, 0) is 17.7 Å². The highest BCUT2D eigenvalue weighted by molar-refractivity contribution is 6.30. The quantitative estimate of drug-likeness (QED) is 0.840. The summed E-state index contributed by atoms with van der Waals surface area (Å²) in [6.07, 6.45) is 0.907. The summed E-state index contributed by atoms with van der Waals surface area (Å²) in [5, 5.41) is 10.1. The summed E-state index contributed by atoms with van der Waals surface area (Å²) < 4.78 is 5.60. The van der Waals surface area contributed by atoms with Gasteiger partial charge in [-0.15, -0.1) is 0 Å². The van der Waals surface area contributed by atoms with Crippen LogP contribution in [0.2, 0.25) is 5.02 Å². The molecule has 0 aromatic heterocycles. The van der Waals surface area contributed by atoms with Crippen LogP contribution in [0.3, 0.4) is 0 Å². The highest BCUT2D eigenvalue weighted by Crippen LogP contribution is 2.39. The molecule has 15 heavy (non-hydrogen) atoms. The Morgan fingerprint density at radius 2 is 2.20 bits per heavy atom. The maximum Gasteiger partial charge on any atom is 0.126 e. The van der Waals surface area contributed by atoms with Gasteiger partial charge in [-0.1, -0.05) is 25.4 Å². The lowest BCUT2D eigenvalue weighted by molar-refractivity contribution is 0.214. The van der Waals surface area contributed by atoms with Crippen LogP contribution in [-0.4, -0.2) is 18.3 Å². The molecule has 0 atom stereocenters. The Morgan fingerprint density at radius 3 is 2.87 bits per heavy atom. The fourth-order valence-corrected chi connectivity index (χ4v) is 2.10. The molecular weight excluding hydrogens is 212 g/mol. The van der Waals surface area contributed by atoms with Crippen LogP contribution in [0, 0.1) is 0 Å². The van der Waals surface area contributed by atoms with Crippen molar-refractivity contribution in [1.82, 2.24) is 0 Å². The van der Waals surface area contributed by atoms with Crippen LogP contribution in [0.25, 0.3) is 0 Å². The van der Waals surface area contributed by atoms with E-state index in [1.54, 1.807) is 0 Å². The lowest BCUT2D eigenvalue weighted by atomic mass is 9.84. The van der Waals surface area contributed by atoms with Gasteiger partial charge in [0, 0.05) is 22.4 Å². The molecule has 2 rings (SSSR count). The minimum absolute atomic E-state index is 0.0865. The van der Waals surface area contributed by atoms with Gasteiger partial charge < -0.3 is 9.84 Å². The average Bonchev–Trinajstić information content (AvgIpc) is 2.63. The zero-order valence-corrected chi connectivity index (χ0v) is 9.77. The molecule has 0 radical (unpaired) electrons. The second-order valence-corrected chi connectivity index (χ2v) is 5.02. The first-order valence-electron chi connectivity index (χ1n) is 5.11.